The maximum atomic E-state index is 2.30. The maximum Gasteiger partial charge on any atom is -0.0308 e. The summed E-state index contributed by atoms with van der Waals surface area (Å²) in [6, 6.07) is 0. The Balaban J connectivity index is -0.000000320. The summed E-state index contributed by atoms with van der Waals surface area (Å²) < 4.78 is 0. The molecular formula is C11H28. The Kier molecular flexibility index (Phi) is 12.7. The van der Waals surface area contributed by atoms with Crippen LogP contribution < -0.4 is 0 Å². The molecule has 0 atom stereocenters. The third kappa shape index (κ3) is 4.44. The normalized spacial score (nSPS) is 9.82. The zero-order valence-corrected chi connectivity index (χ0v) is 7.33. The van der Waals surface area contributed by atoms with Gasteiger partial charge in [0.2, 0.25) is 0 Å². The minimum atomic E-state index is 0. The van der Waals surface area contributed by atoms with E-state index in [0.29, 0.717) is 5.41 Å². The summed E-state index contributed by atoms with van der Waals surface area (Å²) in [6.07, 6.45) is 5.38. The van der Waals surface area contributed by atoms with Crippen molar-refractivity contribution >= 4 is 0 Å². The summed E-state index contributed by atoms with van der Waals surface area (Å²) >= 11 is 0. The molecule has 72 valence electrons. The summed E-state index contributed by atoms with van der Waals surface area (Å²) in [5.41, 5.74) is 0.667. The standard InChI is InChI=1S/C9H20.2CH4/c1-5-9(6-2,7-3)8-4;;/h5-8H2,1-4H3;2*1H4. The first-order valence-electron chi connectivity index (χ1n) is 4.24. The molecule has 0 nitrogen and oxygen atoms in total. The highest BCUT2D eigenvalue weighted by Crippen LogP contribution is 2.33. The Bertz CT molecular complexity index is 42.9. The number of rotatable bonds is 4. The van der Waals surface area contributed by atoms with Gasteiger partial charge in [0, 0.05) is 0 Å². The lowest BCUT2D eigenvalue weighted by molar-refractivity contribution is 0.240. The highest BCUT2D eigenvalue weighted by molar-refractivity contribution is 4.72. The van der Waals surface area contributed by atoms with Crippen LogP contribution in [-0.2, 0) is 0 Å². The first kappa shape index (κ1) is 17.2. The molecule has 0 aliphatic carbocycles. The smallest absolute Gasteiger partial charge is 0.0308 e. The van der Waals surface area contributed by atoms with E-state index in [1.54, 1.807) is 0 Å². The van der Waals surface area contributed by atoms with Gasteiger partial charge in [0.1, 0.15) is 0 Å². The van der Waals surface area contributed by atoms with Crippen LogP contribution in [-0.4, -0.2) is 0 Å². The van der Waals surface area contributed by atoms with Gasteiger partial charge < -0.3 is 0 Å². The molecule has 0 heterocycles. The van der Waals surface area contributed by atoms with E-state index in [4.69, 9.17) is 0 Å². The molecule has 0 rings (SSSR count). The molecule has 0 aliphatic rings. The van der Waals surface area contributed by atoms with Gasteiger partial charge in [-0.1, -0.05) is 68.2 Å². The van der Waals surface area contributed by atoms with E-state index in [-0.39, 0.29) is 14.9 Å². The second kappa shape index (κ2) is 8.10. The Morgan fingerprint density at radius 3 is 0.818 bits per heavy atom. The third-order valence-electron chi connectivity index (χ3n) is 3.00. The van der Waals surface area contributed by atoms with Crippen molar-refractivity contribution in [1.29, 1.82) is 0 Å². The lowest BCUT2D eigenvalue weighted by Gasteiger charge is -2.28. The Labute approximate surface area is 74.4 Å². The van der Waals surface area contributed by atoms with Crippen molar-refractivity contribution in [2.24, 2.45) is 5.41 Å². The van der Waals surface area contributed by atoms with Gasteiger partial charge in [0.25, 0.3) is 0 Å². The van der Waals surface area contributed by atoms with Gasteiger partial charge in [-0.05, 0) is 5.41 Å². The van der Waals surface area contributed by atoms with Crippen molar-refractivity contribution in [3.8, 4) is 0 Å². The van der Waals surface area contributed by atoms with Gasteiger partial charge in [-0.15, -0.1) is 0 Å². The number of hydrogen-bond donors (Lipinski definition) is 0. The van der Waals surface area contributed by atoms with Crippen LogP contribution in [0.25, 0.3) is 0 Å². The van der Waals surface area contributed by atoms with E-state index >= 15 is 0 Å². The van der Waals surface area contributed by atoms with E-state index in [0.717, 1.165) is 0 Å². The van der Waals surface area contributed by atoms with Crippen LogP contribution >= 0.6 is 0 Å². The molecule has 0 aromatic carbocycles. The molecule has 0 amide bonds. The topological polar surface area (TPSA) is 0 Å². The molecule has 0 aromatic rings. The van der Waals surface area contributed by atoms with Gasteiger partial charge in [-0.25, -0.2) is 0 Å². The van der Waals surface area contributed by atoms with Crippen molar-refractivity contribution in [2.75, 3.05) is 0 Å². The highest BCUT2D eigenvalue weighted by Gasteiger charge is 2.20. The lowest BCUT2D eigenvalue weighted by atomic mass is 9.78. The molecule has 11 heavy (non-hydrogen) atoms. The molecule has 0 aliphatic heterocycles. The van der Waals surface area contributed by atoms with Gasteiger partial charge in [-0.3, -0.25) is 0 Å². The summed E-state index contributed by atoms with van der Waals surface area (Å²) in [4.78, 5) is 0. The molecule has 0 aromatic heterocycles. The average molecular weight is 160 g/mol. The second-order valence-corrected chi connectivity index (χ2v) is 2.91. The highest BCUT2D eigenvalue weighted by atomic mass is 14.3. The van der Waals surface area contributed by atoms with Crippen LogP contribution in [0, 0.1) is 5.41 Å². The monoisotopic (exact) mass is 160 g/mol. The molecule has 0 radical (unpaired) electrons. The maximum absolute atomic E-state index is 2.30. The average Bonchev–Trinajstić information content (AvgIpc) is 1.95. The quantitative estimate of drug-likeness (QED) is 0.549. The van der Waals surface area contributed by atoms with Gasteiger partial charge >= 0.3 is 0 Å². The predicted molar refractivity (Wildman–Crippen MR) is 57.1 cm³/mol. The van der Waals surface area contributed by atoms with Crippen LogP contribution in [0.4, 0.5) is 0 Å². The fourth-order valence-electron chi connectivity index (χ4n) is 1.50. The van der Waals surface area contributed by atoms with Crippen molar-refractivity contribution in [3.63, 3.8) is 0 Å². The van der Waals surface area contributed by atoms with Gasteiger partial charge in [0.15, 0.2) is 0 Å². The van der Waals surface area contributed by atoms with Crippen molar-refractivity contribution in [3.05, 3.63) is 0 Å². The van der Waals surface area contributed by atoms with Crippen molar-refractivity contribution in [2.45, 2.75) is 68.2 Å². The zero-order valence-electron chi connectivity index (χ0n) is 7.33. The summed E-state index contributed by atoms with van der Waals surface area (Å²) in [6.45, 7) is 9.21. The minimum absolute atomic E-state index is 0. The molecule has 0 N–H and O–H groups in total. The molecule has 0 fully saturated rings. The molecule has 0 bridgehead atoms. The number of hydrogen-bond acceptors (Lipinski definition) is 0. The SMILES string of the molecule is C.C.CCC(CC)(CC)CC. The summed E-state index contributed by atoms with van der Waals surface area (Å²) in [5, 5.41) is 0. The van der Waals surface area contributed by atoms with E-state index in [9.17, 15) is 0 Å². The summed E-state index contributed by atoms with van der Waals surface area (Å²) in [5.74, 6) is 0. The predicted octanol–water partition coefficient (Wildman–Crippen LogP) is 4.89. The van der Waals surface area contributed by atoms with Crippen LogP contribution in [0.1, 0.15) is 68.2 Å². The third-order valence-corrected chi connectivity index (χ3v) is 3.00. The van der Waals surface area contributed by atoms with Crippen LogP contribution in [0.3, 0.4) is 0 Å². The van der Waals surface area contributed by atoms with E-state index < -0.39 is 0 Å². The molecule has 0 saturated heterocycles. The largest absolute Gasteiger partial charge is 0.0776 e. The Morgan fingerprint density at radius 1 is 0.636 bits per heavy atom. The lowest BCUT2D eigenvalue weighted by Crippen LogP contribution is -2.15. The van der Waals surface area contributed by atoms with Crippen molar-refractivity contribution < 1.29 is 0 Å². The fourth-order valence-corrected chi connectivity index (χ4v) is 1.50. The van der Waals surface area contributed by atoms with Crippen LogP contribution in [0.2, 0.25) is 0 Å². The molecule has 0 spiro atoms. The Morgan fingerprint density at radius 2 is 0.818 bits per heavy atom. The second-order valence-electron chi connectivity index (χ2n) is 2.91. The van der Waals surface area contributed by atoms with Gasteiger partial charge in [-0.2, -0.15) is 0 Å². The zero-order chi connectivity index (χ0) is 7.33. The molecule has 0 saturated carbocycles. The Hall–Kier alpha value is 0. The van der Waals surface area contributed by atoms with Crippen molar-refractivity contribution in [1.82, 2.24) is 0 Å². The van der Waals surface area contributed by atoms with E-state index in [1.807, 2.05) is 0 Å². The fraction of sp³-hybridized carbons (Fsp3) is 1.00. The van der Waals surface area contributed by atoms with Crippen LogP contribution in [0.5, 0.6) is 0 Å². The van der Waals surface area contributed by atoms with Gasteiger partial charge in [0.05, 0.1) is 0 Å². The molecule has 0 heteroatoms. The molecule has 0 unspecified atom stereocenters. The summed E-state index contributed by atoms with van der Waals surface area (Å²) in [7, 11) is 0. The van der Waals surface area contributed by atoms with E-state index in [1.165, 1.54) is 25.7 Å². The molecular weight excluding hydrogens is 132 g/mol. The van der Waals surface area contributed by atoms with E-state index in [2.05, 4.69) is 27.7 Å². The first-order chi connectivity index (χ1) is 4.24. The van der Waals surface area contributed by atoms with Crippen LogP contribution in [0.15, 0.2) is 0 Å². The first-order valence-corrected chi connectivity index (χ1v) is 4.24. The minimum Gasteiger partial charge on any atom is -0.0776 e.